The maximum absolute atomic E-state index is 10.8. The van der Waals surface area contributed by atoms with Crippen molar-refractivity contribution in [3.8, 4) is 0 Å². The lowest BCUT2D eigenvalue weighted by Crippen LogP contribution is -2.42. The summed E-state index contributed by atoms with van der Waals surface area (Å²) in [6, 6.07) is 3.25. The number of nitrogens with zero attached hydrogens (tertiary/aromatic N) is 1. The molecule has 1 rings (SSSR count). The maximum atomic E-state index is 10.8. The summed E-state index contributed by atoms with van der Waals surface area (Å²) < 4.78 is 0. The number of hydrogen-bond donors (Lipinski definition) is 3. The zero-order valence-corrected chi connectivity index (χ0v) is 9.69. The second-order valence-corrected chi connectivity index (χ2v) is 4.32. The van der Waals surface area contributed by atoms with Gasteiger partial charge in [-0.1, -0.05) is 0 Å². The second-order valence-electron chi connectivity index (χ2n) is 4.32. The molecule has 0 aromatic carbocycles. The number of aliphatic hydroxyl groups excluding tert-OH is 1. The first-order chi connectivity index (χ1) is 7.33. The normalized spacial score (nSPS) is 13.2. The van der Waals surface area contributed by atoms with Crippen LogP contribution in [0.1, 0.15) is 31.1 Å². The molecular weight excluding hydrogens is 206 g/mol. The van der Waals surface area contributed by atoms with Crippen molar-refractivity contribution in [3.05, 3.63) is 23.9 Å². The molecule has 5 nitrogen and oxygen atoms in total. The van der Waals surface area contributed by atoms with Crippen LogP contribution in [0.3, 0.4) is 0 Å². The van der Waals surface area contributed by atoms with Gasteiger partial charge in [-0.3, -0.25) is 4.79 Å². The topological polar surface area (TPSA) is 88.2 Å². The van der Waals surface area contributed by atoms with E-state index >= 15 is 0 Å². The maximum Gasteiger partial charge on any atom is 0.250 e. The van der Waals surface area contributed by atoms with Gasteiger partial charge < -0.3 is 16.2 Å². The number of pyridine rings is 1. The summed E-state index contributed by atoms with van der Waals surface area (Å²) in [5.74, 6) is 0.0877. The third-order valence-corrected chi connectivity index (χ3v) is 2.54. The molecule has 1 heterocycles. The quantitative estimate of drug-likeness (QED) is 0.703. The minimum absolute atomic E-state index is 0.361. The Bertz CT molecular complexity index is 371. The monoisotopic (exact) mass is 223 g/mol. The number of carbonyl (C=O) groups is 1. The van der Waals surface area contributed by atoms with Crippen molar-refractivity contribution >= 4 is 11.7 Å². The summed E-state index contributed by atoms with van der Waals surface area (Å²) in [4.78, 5) is 14.9. The smallest absolute Gasteiger partial charge is 0.250 e. The number of aromatic nitrogens is 1. The zero-order valence-electron chi connectivity index (χ0n) is 9.69. The molecule has 5 heteroatoms. The molecule has 16 heavy (non-hydrogen) atoms. The predicted molar refractivity (Wildman–Crippen MR) is 62.1 cm³/mol. The molecule has 4 N–H and O–H groups in total. The van der Waals surface area contributed by atoms with E-state index in [0.717, 1.165) is 0 Å². The van der Waals surface area contributed by atoms with Crippen LogP contribution in [0.4, 0.5) is 5.82 Å². The van der Waals surface area contributed by atoms with Gasteiger partial charge in [-0.05, 0) is 32.9 Å². The number of carbonyl (C=O) groups excluding carboxylic acids is 1. The van der Waals surface area contributed by atoms with E-state index in [0.29, 0.717) is 11.4 Å². The minimum atomic E-state index is -0.523. The molecule has 0 fully saturated rings. The molecule has 0 aliphatic rings. The summed E-state index contributed by atoms with van der Waals surface area (Å²) >= 11 is 0. The van der Waals surface area contributed by atoms with Gasteiger partial charge in [0.15, 0.2) is 0 Å². The number of amides is 1. The van der Waals surface area contributed by atoms with Gasteiger partial charge in [-0.25, -0.2) is 4.98 Å². The molecule has 0 bridgehead atoms. The Morgan fingerprint density at radius 2 is 2.19 bits per heavy atom. The molecule has 0 aliphatic carbocycles. The average molecular weight is 223 g/mol. The number of rotatable bonds is 4. The van der Waals surface area contributed by atoms with E-state index < -0.39 is 17.6 Å². The van der Waals surface area contributed by atoms with Crippen molar-refractivity contribution in [1.29, 1.82) is 0 Å². The Labute approximate surface area is 94.7 Å². The van der Waals surface area contributed by atoms with E-state index in [4.69, 9.17) is 5.73 Å². The lowest BCUT2D eigenvalue weighted by Gasteiger charge is -2.29. The van der Waals surface area contributed by atoms with Crippen molar-refractivity contribution in [3.63, 3.8) is 0 Å². The summed E-state index contributed by atoms with van der Waals surface area (Å²) in [5, 5.41) is 12.6. The summed E-state index contributed by atoms with van der Waals surface area (Å²) in [6.45, 7) is 5.42. The molecule has 88 valence electrons. The molecule has 0 radical (unpaired) electrons. The number of aliphatic hydroxyl groups is 1. The molecule has 1 aromatic rings. The Morgan fingerprint density at radius 1 is 1.56 bits per heavy atom. The number of nitrogens with two attached hydrogens (primary N) is 1. The Balaban J connectivity index is 2.80. The van der Waals surface area contributed by atoms with Gasteiger partial charge in [0.1, 0.15) is 5.82 Å². The van der Waals surface area contributed by atoms with E-state index in [1.165, 1.54) is 6.20 Å². The number of nitrogens with one attached hydrogen (secondary N) is 1. The highest BCUT2D eigenvalue weighted by atomic mass is 16.3. The van der Waals surface area contributed by atoms with E-state index in [9.17, 15) is 9.90 Å². The fourth-order valence-corrected chi connectivity index (χ4v) is 1.05. The van der Waals surface area contributed by atoms with Crippen molar-refractivity contribution in [2.24, 2.45) is 5.73 Å². The largest absolute Gasteiger partial charge is 0.391 e. The van der Waals surface area contributed by atoms with Crippen LogP contribution < -0.4 is 11.1 Å². The van der Waals surface area contributed by atoms with E-state index in [1.54, 1.807) is 19.1 Å². The molecule has 0 saturated heterocycles. The third-order valence-electron chi connectivity index (χ3n) is 2.54. The highest BCUT2D eigenvalue weighted by Gasteiger charge is 2.23. The molecule has 0 saturated carbocycles. The first-order valence-corrected chi connectivity index (χ1v) is 5.05. The van der Waals surface area contributed by atoms with Crippen LogP contribution in [0.25, 0.3) is 0 Å². The van der Waals surface area contributed by atoms with Crippen molar-refractivity contribution < 1.29 is 9.90 Å². The SMILES string of the molecule is CC(O)C(C)(C)Nc1ccc(C(N)=O)cn1. The van der Waals surface area contributed by atoms with Crippen LogP contribution in [0.2, 0.25) is 0 Å². The first-order valence-electron chi connectivity index (χ1n) is 5.05. The lowest BCUT2D eigenvalue weighted by molar-refractivity contribution is 0.1000. The van der Waals surface area contributed by atoms with Crippen LogP contribution in [0.5, 0.6) is 0 Å². The predicted octanol–water partition coefficient (Wildman–Crippen LogP) is 0.752. The summed E-state index contributed by atoms with van der Waals surface area (Å²) in [7, 11) is 0. The van der Waals surface area contributed by atoms with Crippen molar-refractivity contribution in [2.45, 2.75) is 32.4 Å². The highest BCUT2D eigenvalue weighted by molar-refractivity contribution is 5.92. The van der Waals surface area contributed by atoms with Crippen LogP contribution in [0, 0.1) is 0 Å². The van der Waals surface area contributed by atoms with Crippen molar-refractivity contribution in [1.82, 2.24) is 4.98 Å². The lowest BCUT2D eigenvalue weighted by atomic mass is 9.99. The number of hydrogen-bond acceptors (Lipinski definition) is 4. The first kappa shape index (κ1) is 12.4. The Morgan fingerprint density at radius 3 is 2.56 bits per heavy atom. The van der Waals surface area contributed by atoms with Gasteiger partial charge >= 0.3 is 0 Å². The molecule has 1 unspecified atom stereocenters. The van der Waals surface area contributed by atoms with Gasteiger partial charge in [0.05, 0.1) is 17.2 Å². The molecule has 0 aliphatic heterocycles. The fourth-order valence-electron chi connectivity index (χ4n) is 1.05. The Hall–Kier alpha value is -1.62. The molecule has 0 spiro atoms. The summed E-state index contributed by atoms with van der Waals surface area (Å²) in [6.07, 6.45) is 0.883. The van der Waals surface area contributed by atoms with Crippen LogP contribution in [0.15, 0.2) is 18.3 Å². The van der Waals surface area contributed by atoms with Gasteiger partial charge in [-0.15, -0.1) is 0 Å². The second kappa shape index (κ2) is 4.49. The van der Waals surface area contributed by atoms with Gasteiger partial charge in [0.2, 0.25) is 5.91 Å². The Kier molecular flexibility index (Phi) is 3.49. The zero-order chi connectivity index (χ0) is 12.3. The molecular formula is C11H17N3O2. The van der Waals surface area contributed by atoms with Crippen LogP contribution >= 0.6 is 0 Å². The minimum Gasteiger partial charge on any atom is -0.391 e. The highest BCUT2D eigenvalue weighted by Crippen LogP contribution is 2.16. The van der Waals surface area contributed by atoms with Crippen molar-refractivity contribution in [2.75, 3.05) is 5.32 Å². The van der Waals surface area contributed by atoms with Crippen LogP contribution in [-0.4, -0.2) is 27.6 Å². The molecule has 1 amide bonds. The standard InChI is InChI=1S/C11H17N3O2/c1-7(15)11(2,3)14-9-5-4-8(6-13-9)10(12)16/h4-7,15H,1-3H3,(H2,12,16)(H,13,14). The number of anilines is 1. The van der Waals surface area contributed by atoms with E-state index in [-0.39, 0.29) is 0 Å². The van der Waals surface area contributed by atoms with Gasteiger partial charge in [0.25, 0.3) is 0 Å². The molecule has 1 atom stereocenters. The third kappa shape index (κ3) is 2.93. The fraction of sp³-hybridized carbons (Fsp3) is 0.455. The van der Waals surface area contributed by atoms with Gasteiger partial charge in [0, 0.05) is 6.20 Å². The molecule has 1 aromatic heterocycles. The average Bonchev–Trinajstić information content (AvgIpc) is 2.17. The summed E-state index contributed by atoms with van der Waals surface area (Å²) in [5.41, 5.74) is 4.98. The number of primary amides is 1. The van der Waals surface area contributed by atoms with E-state index in [1.807, 2.05) is 13.8 Å². The van der Waals surface area contributed by atoms with Gasteiger partial charge in [-0.2, -0.15) is 0 Å². The van der Waals surface area contributed by atoms with E-state index in [2.05, 4.69) is 10.3 Å². The van der Waals surface area contributed by atoms with Crippen LogP contribution in [-0.2, 0) is 0 Å².